The zero-order valence-corrected chi connectivity index (χ0v) is 25.2. The number of esters is 1. The third-order valence-electron chi connectivity index (χ3n) is 6.95. The second-order valence-corrected chi connectivity index (χ2v) is 10.9. The van der Waals surface area contributed by atoms with Gasteiger partial charge in [0.1, 0.15) is 17.7 Å². The normalized spacial score (nSPS) is 14.7. The lowest BCUT2D eigenvalue weighted by Crippen LogP contribution is -2.49. The molecule has 9 heteroatoms. The van der Waals surface area contributed by atoms with E-state index >= 15 is 0 Å². The van der Waals surface area contributed by atoms with Crippen molar-refractivity contribution in [2.24, 2.45) is 0 Å². The van der Waals surface area contributed by atoms with E-state index in [9.17, 15) is 13.6 Å². The van der Waals surface area contributed by atoms with Crippen molar-refractivity contribution in [3.8, 4) is 0 Å². The number of piperazine rings is 1. The summed E-state index contributed by atoms with van der Waals surface area (Å²) >= 11 is 1.72. The highest BCUT2D eigenvalue weighted by Gasteiger charge is 2.22. The van der Waals surface area contributed by atoms with E-state index < -0.39 is 0 Å². The largest absolute Gasteiger partial charge is 0.460 e. The molecule has 0 N–H and O–H groups in total. The van der Waals surface area contributed by atoms with Crippen molar-refractivity contribution < 1.29 is 18.3 Å². The third kappa shape index (κ3) is 11.0. The van der Waals surface area contributed by atoms with Crippen molar-refractivity contribution in [3.05, 3.63) is 102 Å². The molecule has 0 spiro atoms. The second kappa shape index (κ2) is 17.6. The maximum absolute atomic E-state index is 13.5. The van der Waals surface area contributed by atoms with Crippen LogP contribution < -0.4 is 0 Å². The molecule has 1 unspecified atom stereocenters. The first-order chi connectivity index (χ1) is 18.5. The molecule has 1 aliphatic rings. The molecule has 4 nitrogen and oxygen atoms in total. The van der Waals surface area contributed by atoms with Gasteiger partial charge in [0.25, 0.3) is 0 Å². The van der Waals surface area contributed by atoms with Crippen molar-refractivity contribution in [1.29, 1.82) is 0 Å². The lowest BCUT2D eigenvalue weighted by Gasteiger charge is -2.36. The van der Waals surface area contributed by atoms with Gasteiger partial charge in [-0.1, -0.05) is 42.5 Å². The highest BCUT2D eigenvalue weighted by molar-refractivity contribution is 7.99. The summed E-state index contributed by atoms with van der Waals surface area (Å²) in [5.41, 5.74) is 2.10. The Bertz CT molecular complexity index is 1090. The fraction of sp³-hybridized carbons (Fsp3) is 0.387. The van der Waals surface area contributed by atoms with Gasteiger partial charge in [0.05, 0.1) is 0 Å². The molecule has 0 aromatic heterocycles. The smallest absolute Gasteiger partial charge is 0.302 e. The Morgan fingerprint density at radius 2 is 1.35 bits per heavy atom. The molecular formula is C31H38Cl2F2N2O2S. The molecule has 0 amide bonds. The number of halogens is 4. The van der Waals surface area contributed by atoms with Gasteiger partial charge in [0.2, 0.25) is 0 Å². The van der Waals surface area contributed by atoms with Crippen molar-refractivity contribution >= 4 is 42.5 Å². The van der Waals surface area contributed by atoms with Gasteiger partial charge in [-0.05, 0) is 66.9 Å². The molecule has 0 radical (unpaired) electrons. The van der Waals surface area contributed by atoms with Gasteiger partial charge in [0, 0.05) is 56.2 Å². The maximum atomic E-state index is 13.5. The first-order valence-electron chi connectivity index (χ1n) is 13.3. The maximum Gasteiger partial charge on any atom is 0.302 e. The van der Waals surface area contributed by atoms with Crippen LogP contribution in [0.3, 0.4) is 0 Å². The zero-order valence-electron chi connectivity index (χ0n) is 22.7. The summed E-state index contributed by atoms with van der Waals surface area (Å²) in [5, 5.41) is 0. The molecule has 4 rings (SSSR count). The van der Waals surface area contributed by atoms with Gasteiger partial charge in [0.15, 0.2) is 0 Å². The number of rotatable bonds is 12. The summed E-state index contributed by atoms with van der Waals surface area (Å²) in [5.74, 6) is 0.0965. The van der Waals surface area contributed by atoms with E-state index in [-0.39, 0.29) is 54.4 Å². The molecule has 1 saturated heterocycles. The number of hydrogen-bond acceptors (Lipinski definition) is 5. The van der Waals surface area contributed by atoms with E-state index in [0.29, 0.717) is 0 Å². The number of benzene rings is 3. The Morgan fingerprint density at radius 1 is 0.825 bits per heavy atom. The van der Waals surface area contributed by atoms with E-state index in [1.807, 2.05) is 42.5 Å². The van der Waals surface area contributed by atoms with Gasteiger partial charge in [-0.15, -0.1) is 36.6 Å². The predicted octanol–water partition coefficient (Wildman–Crippen LogP) is 7.06. The molecule has 218 valence electrons. The van der Waals surface area contributed by atoms with Crippen LogP contribution in [0.1, 0.15) is 36.8 Å². The third-order valence-corrected chi connectivity index (χ3v) is 8.09. The van der Waals surface area contributed by atoms with E-state index in [1.165, 1.54) is 36.1 Å². The summed E-state index contributed by atoms with van der Waals surface area (Å²) in [6.07, 6.45) is 1.75. The zero-order chi connectivity index (χ0) is 26.7. The average molecular weight is 612 g/mol. The second-order valence-electron chi connectivity index (χ2n) is 9.80. The average Bonchev–Trinajstić information content (AvgIpc) is 2.92. The Morgan fingerprint density at radius 3 is 1.88 bits per heavy atom. The van der Waals surface area contributed by atoms with Crippen molar-refractivity contribution in [2.75, 3.05) is 45.0 Å². The molecule has 0 aliphatic carbocycles. The molecule has 3 aromatic rings. The Balaban J connectivity index is 0.00000280. The Labute approximate surface area is 253 Å². The topological polar surface area (TPSA) is 32.8 Å². The van der Waals surface area contributed by atoms with E-state index in [1.54, 1.807) is 11.8 Å². The number of ether oxygens (including phenoxy) is 1. The number of carbonyl (C=O) groups is 1. The molecule has 1 fully saturated rings. The summed E-state index contributed by atoms with van der Waals surface area (Å²) in [6, 6.07) is 23.5. The molecule has 0 saturated carbocycles. The van der Waals surface area contributed by atoms with E-state index in [0.717, 1.165) is 69.0 Å². The SMILES string of the molecule is CC(=O)OC(CSc1ccccc1)CN1CCN(CCCC(c2ccc(F)cc2)c2ccc(F)cc2)CC1.Cl.Cl. The minimum absolute atomic E-state index is 0. The number of thioether (sulfide) groups is 1. The molecule has 1 atom stereocenters. The van der Waals surface area contributed by atoms with Gasteiger partial charge in [-0.2, -0.15) is 0 Å². The molecule has 1 heterocycles. The van der Waals surface area contributed by atoms with Gasteiger partial charge >= 0.3 is 5.97 Å². The Kier molecular flexibility index (Phi) is 15.0. The monoisotopic (exact) mass is 610 g/mol. The fourth-order valence-corrected chi connectivity index (χ4v) is 5.88. The summed E-state index contributed by atoms with van der Waals surface area (Å²) in [4.78, 5) is 17.7. The summed E-state index contributed by atoms with van der Waals surface area (Å²) in [6.45, 7) is 7.00. The summed E-state index contributed by atoms with van der Waals surface area (Å²) < 4.78 is 32.6. The van der Waals surface area contributed by atoms with Crippen LogP contribution in [-0.2, 0) is 9.53 Å². The van der Waals surface area contributed by atoms with Crippen LogP contribution in [0.5, 0.6) is 0 Å². The highest BCUT2D eigenvalue weighted by atomic mass is 35.5. The predicted molar refractivity (Wildman–Crippen MR) is 164 cm³/mol. The number of carbonyl (C=O) groups excluding carboxylic acids is 1. The first-order valence-corrected chi connectivity index (χ1v) is 14.3. The van der Waals surface area contributed by atoms with Crippen LogP contribution in [0.25, 0.3) is 0 Å². The van der Waals surface area contributed by atoms with Crippen LogP contribution >= 0.6 is 36.6 Å². The van der Waals surface area contributed by atoms with Crippen LogP contribution in [0.4, 0.5) is 8.78 Å². The van der Waals surface area contributed by atoms with Crippen LogP contribution in [0.2, 0.25) is 0 Å². The van der Waals surface area contributed by atoms with Gasteiger partial charge in [-0.25, -0.2) is 8.78 Å². The summed E-state index contributed by atoms with van der Waals surface area (Å²) in [7, 11) is 0. The molecular weight excluding hydrogens is 573 g/mol. The quantitative estimate of drug-likeness (QED) is 0.162. The molecule has 40 heavy (non-hydrogen) atoms. The van der Waals surface area contributed by atoms with Crippen LogP contribution in [0.15, 0.2) is 83.8 Å². The molecule has 3 aromatic carbocycles. The van der Waals surface area contributed by atoms with Crippen molar-refractivity contribution in [3.63, 3.8) is 0 Å². The fourth-order valence-electron chi connectivity index (χ4n) is 4.98. The Hall–Kier alpha value is -2.16. The minimum atomic E-state index is -0.251. The standard InChI is InChI=1S/C31H36F2N2O2S.2ClH/c1-24(36)37-29(23-38-30-6-3-2-4-7-30)22-35-20-18-34(19-21-35)17-5-8-31(25-9-13-27(32)14-10-25)26-11-15-28(33)16-12-26;;/h2-4,6-7,9-16,29,31H,5,8,17-23H2,1H3;2*1H. The van der Waals surface area contributed by atoms with Crippen LogP contribution in [-0.4, -0.2) is 66.9 Å². The van der Waals surface area contributed by atoms with Crippen LogP contribution in [0, 0.1) is 11.6 Å². The number of hydrogen-bond donors (Lipinski definition) is 0. The van der Waals surface area contributed by atoms with E-state index in [4.69, 9.17) is 4.74 Å². The van der Waals surface area contributed by atoms with Gasteiger partial charge < -0.3 is 9.64 Å². The minimum Gasteiger partial charge on any atom is -0.460 e. The molecule has 1 aliphatic heterocycles. The van der Waals surface area contributed by atoms with E-state index in [2.05, 4.69) is 21.9 Å². The lowest BCUT2D eigenvalue weighted by atomic mass is 9.87. The number of nitrogens with zero attached hydrogens (tertiary/aromatic N) is 2. The van der Waals surface area contributed by atoms with Crippen molar-refractivity contribution in [2.45, 2.75) is 36.7 Å². The van der Waals surface area contributed by atoms with Crippen molar-refractivity contribution in [1.82, 2.24) is 9.80 Å². The molecule has 0 bridgehead atoms. The lowest BCUT2D eigenvalue weighted by molar-refractivity contribution is -0.146. The first kappa shape index (κ1) is 34.0. The highest BCUT2D eigenvalue weighted by Crippen LogP contribution is 2.30. The van der Waals surface area contributed by atoms with Gasteiger partial charge in [-0.3, -0.25) is 9.69 Å².